The predicted octanol–water partition coefficient (Wildman–Crippen LogP) is 2.07. The highest BCUT2D eigenvalue weighted by molar-refractivity contribution is 5.90. The van der Waals surface area contributed by atoms with Crippen molar-refractivity contribution < 1.29 is 13.9 Å². The van der Waals surface area contributed by atoms with Gasteiger partial charge in [0.1, 0.15) is 0 Å². The lowest BCUT2D eigenvalue weighted by Gasteiger charge is -2.02. The van der Waals surface area contributed by atoms with Crippen molar-refractivity contribution in [3.63, 3.8) is 0 Å². The SMILES string of the molecule is COC(=O)c1cncc(-c2cccc(F)n2)c1. The second kappa shape index (κ2) is 4.69. The number of aromatic nitrogens is 2. The van der Waals surface area contributed by atoms with Crippen LogP contribution < -0.4 is 0 Å². The Morgan fingerprint density at radius 1 is 1.35 bits per heavy atom. The minimum atomic E-state index is -0.578. The lowest BCUT2D eigenvalue weighted by molar-refractivity contribution is 0.0600. The van der Waals surface area contributed by atoms with E-state index in [4.69, 9.17) is 0 Å². The summed E-state index contributed by atoms with van der Waals surface area (Å²) < 4.78 is 17.5. The van der Waals surface area contributed by atoms with E-state index in [0.717, 1.165) is 0 Å². The van der Waals surface area contributed by atoms with Gasteiger partial charge >= 0.3 is 5.97 Å². The minimum absolute atomic E-state index is 0.302. The maximum absolute atomic E-state index is 13.0. The zero-order chi connectivity index (χ0) is 12.3. The van der Waals surface area contributed by atoms with Crippen LogP contribution in [0.5, 0.6) is 0 Å². The summed E-state index contributed by atoms with van der Waals surface area (Å²) in [5.41, 5.74) is 1.28. The van der Waals surface area contributed by atoms with Crippen LogP contribution in [-0.4, -0.2) is 23.0 Å². The molecule has 0 saturated heterocycles. The van der Waals surface area contributed by atoms with Gasteiger partial charge in [-0.3, -0.25) is 4.98 Å². The zero-order valence-corrected chi connectivity index (χ0v) is 9.05. The van der Waals surface area contributed by atoms with Crippen LogP contribution in [0, 0.1) is 5.95 Å². The van der Waals surface area contributed by atoms with Gasteiger partial charge in [0, 0.05) is 18.0 Å². The maximum atomic E-state index is 13.0. The average Bonchev–Trinajstić information content (AvgIpc) is 2.38. The number of ether oxygens (including phenoxy) is 1. The van der Waals surface area contributed by atoms with Gasteiger partial charge in [-0.25, -0.2) is 9.78 Å². The van der Waals surface area contributed by atoms with Gasteiger partial charge in [0.2, 0.25) is 5.95 Å². The second-order valence-electron chi connectivity index (χ2n) is 3.30. The number of halogens is 1. The van der Waals surface area contributed by atoms with Crippen LogP contribution >= 0.6 is 0 Å². The normalized spacial score (nSPS) is 10.0. The van der Waals surface area contributed by atoms with Gasteiger partial charge in [0.15, 0.2) is 0 Å². The van der Waals surface area contributed by atoms with Gasteiger partial charge in [-0.1, -0.05) is 6.07 Å². The first kappa shape index (κ1) is 11.2. The summed E-state index contributed by atoms with van der Waals surface area (Å²) in [5.74, 6) is -1.07. The molecule has 2 aromatic rings. The quantitative estimate of drug-likeness (QED) is 0.587. The van der Waals surface area contributed by atoms with Crippen LogP contribution in [0.3, 0.4) is 0 Å². The monoisotopic (exact) mass is 232 g/mol. The first-order valence-electron chi connectivity index (χ1n) is 4.87. The molecule has 17 heavy (non-hydrogen) atoms. The smallest absolute Gasteiger partial charge is 0.339 e. The van der Waals surface area contributed by atoms with E-state index in [1.807, 2.05) is 0 Å². The number of carbonyl (C=O) groups is 1. The maximum Gasteiger partial charge on any atom is 0.339 e. The lowest BCUT2D eigenvalue weighted by Crippen LogP contribution is -2.02. The summed E-state index contributed by atoms with van der Waals surface area (Å²) in [6, 6.07) is 5.99. The molecule has 0 atom stereocenters. The molecule has 0 fully saturated rings. The fraction of sp³-hybridized carbons (Fsp3) is 0.0833. The molecule has 2 aromatic heterocycles. The molecule has 2 heterocycles. The molecule has 0 aromatic carbocycles. The highest BCUT2D eigenvalue weighted by atomic mass is 19.1. The topological polar surface area (TPSA) is 52.1 Å². The van der Waals surface area contributed by atoms with Crippen LogP contribution in [0.25, 0.3) is 11.3 Å². The third kappa shape index (κ3) is 2.44. The van der Waals surface area contributed by atoms with Crippen molar-refractivity contribution in [1.82, 2.24) is 9.97 Å². The summed E-state index contributed by atoms with van der Waals surface area (Å²) in [4.78, 5) is 18.9. The van der Waals surface area contributed by atoms with E-state index in [0.29, 0.717) is 16.8 Å². The van der Waals surface area contributed by atoms with E-state index in [-0.39, 0.29) is 0 Å². The van der Waals surface area contributed by atoms with Crippen LogP contribution in [0.1, 0.15) is 10.4 Å². The van der Waals surface area contributed by atoms with E-state index in [1.165, 1.54) is 25.6 Å². The number of carbonyl (C=O) groups excluding carboxylic acids is 1. The number of pyridine rings is 2. The highest BCUT2D eigenvalue weighted by Gasteiger charge is 2.08. The number of hydrogen-bond acceptors (Lipinski definition) is 4. The zero-order valence-electron chi connectivity index (χ0n) is 9.05. The molecule has 0 radical (unpaired) electrons. The lowest BCUT2D eigenvalue weighted by atomic mass is 10.1. The van der Waals surface area contributed by atoms with Crippen molar-refractivity contribution >= 4 is 5.97 Å². The predicted molar refractivity (Wildman–Crippen MR) is 58.8 cm³/mol. The minimum Gasteiger partial charge on any atom is -0.465 e. The summed E-state index contributed by atoms with van der Waals surface area (Å²) >= 11 is 0. The van der Waals surface area contributed by atoms with Gasteiger partial charge in [-0.2, -0.15) is 4.39 Å². The van der Waals surface area contributed by atoms with E-state index in [9.17, 15) is 9.18 Å². The summed E-state index contributed by atoms with van der Waals surface area (Å²) in [5, 5.41) is 0. The molecule has 0 spiro atoms. The third-order valence-corrected chi connectivity index (χ3v) is 2.17. The van der Waals surface area contributed by atoms with E-state index in [1.54, 1.807) is 18.2 Å². The molecule has 4 nitrogen and oxygen atoms in total. The molecule has 86 valence electrons. The molecule has 0 unspecified atom stereocenters. The molecule has 5 heteroatoms. The van der Waals surface area contributed by atoms with Crippen LogP contribution in [0.2, 0.25) is 0 Å². The Morgan fingerprint density at radius 2 is 2.18 bits per heavy atom. The molecule has 0 aliphatic rings. The van der Waals surface area contributed by atoms with Crippen LogP contribution in [0.15, 0.2) is 36.7 Å². The molecular formula is C12H9FN2O2. The molecule has 0 N–H and O–H groups in total. The molecule has 0 aliphatic heterocycles. The Bertz CT molecular complexity index is 558. The Morgan fingerprint density at radius 3 is 2.88 bits per heavy atom. The van der Waals surface area contributed by atoms with Crippen molar-refractivity contribution in [2.75, 3.05) is 7.11 Å². The van der Waals surface area contributed by atoms with Gasteiger partial charge in [-0.05, 0) is 18.2 Å². The first-order chi connectivity index (χ1) is 8.20. The fourth-order valence-corrected chi connectivity index (χ4v) is 1.38. The Balaban J connectivity index is 2.43. The fourth-order valence-electron chi connectivity index (χ4n) is 1.38. The average molecular weight is 232 g/mol. The van der Waals surface area contributed by atoms with Gasteiger partial charge in [0.05, 0.1) is 18.4 Å². The molecular weight excluding hydrogens is 223 g/mol. The second-order valence-corrected chi connectivity index (χ2v) is 3.30. The van der Waals surface area contributed by atoms with Crippen molar-refractivity contribution in [2.45, 2.75) is 0 Å². The van der Waals surface area contributed by atoms with E-state index < -0.39 is 11.9 Å². The van der Waals surface area contributed by atoms with Gasteiger partial charge < -0.3 is 4.74 Å². The van der Waals surface area contributed by atoms with Crippen molar-refractivity contribution in [1.29, 1.82) is 0 Å². The van der Waals surface area contributed by atoms with Gasteiger partial charge in [0.25, 0.3) is 0 Å². The Labute approximate surface area is 97.1 Å². The number of methoxy groups -OCH3 is 1. The number of hydrogen-bond donors (Lipinski definition) is 0. The number of nitrogens with zero attached hydrogens (tertiary/aromatic N) is 2. The van der Waals surface area contributed by atoms with Crippen molar-refractivity contribution in [3.8, 4) is 11.3 Å². The van der Waals surface area contributed by atoms with Crippen LogP contribution in [0.4, 0.5) is 4.39 Å². The van der Waals surface area contributed by atoms with Crippen molar-refractivity contribution in [3.05, 3.63) is 48.2 Å². The summed E-state index contributed by atoms with van der Waals surface area (Å²) in [6.07, 6.45) is 2.89. The molecule has 2 rings (SSSR count). The first-order valence-corrected chi connectivity index (χ1v) is 4.87. The number of esters is 1. The van der Waals surface area contributed by atoms with Crippen LogP contribution in [-0.2, 0) is 4.74 Å². The Kier molecular flexibility index (Phi) is 3.09. The van der Waals surface area contributed by atoms with Crippen molar-refractivity contribution in [2.24, 2.45) is 0 Å². The summed E-state index contributed by atoms with van der Waals surface area (Å²) in [7, 11) is 1.29. The molecule has 0 amide bonds. The largest absolute Gasteiger partial charge is 0.465 e. The number of rotatable bonds is 2. The Hall–Kier alpha value is -2.30. The molecule has 0 aliphatic carbocycles. The highest BCUT2D eigenvalue weighted by Crippen LogP contribution is 2.17. The molecule has 0 saturated carbocycles. The molecule has 0 bridgehead atoms. The standard InChI is InChI=1S/C12H9FN2O2/c1-17-12(16)9-5-8(6-14-7-9)10-3-2-4-11(13)15-10/h2-7H,1H3. The van der Waals surface area contributed by atoms with E-state index >= 15 is 0 Å². The van der Waals surface area contributed by atoms with Gasteiger partial charge in [-0.15, -0.1) is 0 Å². The summed E-state index contributed by atoms with van der Waals surface area (Å²) in [6.45, 7) is 0. The third-order valence-electron chi connectivity index (χ3n) is 2.17. The van der Waals surface area contributed by atoms with E-state index in [2.05, 4.69) is 14.7 Å².